The average molecular weight is 381 g/mol. The Morgan fingerprint density at radius 2 is 1.79 bits per heavy atom. The van der Waals surface area contributed by atoms with E-state index >= 15 is 0 Å². The second kappa shape index (κ2) is 7.99. The molecule has 0 radical (unpaired) electrons. The molecule has 146 valence electrons. The quantitative estimate of drug-likeness (QED) is 0.680. The maximum absolute atomic E-state index is 12.6. The lowest BCUT2D eigenvalue weighted by molar-refractivity contribution is 0.102. The van der Waals surface area contributed by atoms with Crippen molar-refractivity contribution in [2.24, 2.45) is 0 Å². The third kappa shape index (κ3) is 4.06. The molecule has 0 unspecified atom stereocenters. The van der Waals surface area contributed by atoms with E-state index in [1.807, 2.05) is 26.0 Å². The van der Waals surface area contributed by atoms with Gasteiger partial charge >= 0.3 is 0 Å². The highest BCUT2D eigenvalue weighted by Gasteiger charge is 2.19. The van der Waals surface area contributed by atoms with Crippen molar-refractivity contribution in [2.75, 3.05) is 25.3 Å². The third-order valence-electron chi connectivity index (χ3n) is 4.42. The highest BCUT2D eigenvalue weighted by atomic mass is 16.5. The van der Waals surface area contributed by atoms with Crippen molar-refractivity contribution in [1.29, 1.82) is 0 Å². The monoisotopic (exact) mass is 381 g/mol. The zero-order valence-corrected chi connectivity index (χ0v) is 16.3. The van der Waals surface area contributed by atoms with Gasteiger partial charge in [-0.15, -0.1) is 5.10 Å². The molecule has 0 fully saturated rings. The van der Waals surface area contributed by atoms with Gasteiger partial charge in [0.05, 0.1) is 20.8 Å². The molecule has 1 aromatic heterocycles. The number of aromatic nitrogens is 3. The number of methoxy groups -OCH3 is 2. The molecule has 8 nitrogen and oxygen atoms in total. The molecule has 0 spiro atoms. The molecule has 28 heavy (non-hydrogen) atoms. The minimum atomic E-state index is -0.458. The minimum Gasteiger partial charge on any atom is -0.497 e. The van der Waals surface area contributed by atoms with E-state index in [0.717, 1.165) is 16.7 Å². The van der Waals surface area contributed by atoms with Crippen LogP contribution in [0.3, 0.4) is 0 Å². The number of carbonyl (C=O) groups excluding carboxylic acids is 1. The predicted molar refractivity (Wildman–Crippen MR) is 107 cm³/mol. The van der Waals surface area contributed by atoms with Crippen molar-refractivity contribution in [2.45, 2.75) is 20.4 Å². The van der Waals surface area contributed by atoms with Gasteiger partial charge in [0, 0.05) is 23.9 Å². The number of hydrogen-bond donors (Lipinski definition) is 2. The smallest absolute Gasteiger partial charge is 0.280 e. The summed E-state index contributed by atoms with van der Waals surface area (Å²) in [6.07, 6.45) is 0. The Kier molecular flexibility index (Phi) is 5.49. The summed E-state index contributed by atoms with van der Waals surface area (Å²) < 4.78 is 11.9. The lowest BCUT2D eigenvalue weighted by Crippen LogP contribution is -2.15. The fourth-order valence-electron chi connectivity index (χ4n) is 2.80. The number of anilines is 2. The van der Waals surface area contributed by atoms with E-state index in [0.29, 0.717) is 23.7 Å². The molecule has 2 aromatic carbocycles. The van der Waals surface area contributed by atoms with E-state index in [-0.39, 0.29) is 11.5 Å². The largest absolute Gasteiger partial charge is 0.497 e. The Morgan fingerprint density at radius 1 is 1.11 bits per heavy atom. The summed E-state index contributed by atoms with van der Waals surface area (Å²) in [4.78, 5) is 12.6. The van der Waals surface area contributed by atoms with Crippen LogP contribution in [0.2, 0.25) is 0 Å². The Hall–Kier alpha value is -3.55. The standard InChI is InChI=1S/C20H23N5O3/c1-12-5-6-13(2)14(7-12)11-25-19(21)18(23-24-25)20(26)22-15-8-16(27-3)10-17(9-15)28-4/h5-10H,11,21H2,1-4H3,(H,22,26). The Balaban J connectivity index is 1.81. The number of benzene rings is 2. The summed E-state index contributed by atoms with van der Waals surface area (Å²) in [6, 6.07) is 11.2. The zero-order chi connectivity index (χ0) is 20.3. The van der Waals surface area contributed by atoms with Crippen molar-refractivity contribution >= 4 is 17.4 Å². The van der Waals surface area contributed by atoms with Gasteiger partial charge in [-0.25, -0.2) is 4.68 Å². The number of nitrogens with two attached hydrogens (primary N) is 1. The van der Waals surface area contributed by atoms with E-state index < -0.39 is 5.91 Å². The molecular formula is C20H23N5O3. The summed E-state index contributed by atoms with van der Waals surface area (Å²) in [6.45, 7) is 4.48. The molecule has 1 heterocycles. The Bertz CT molecular complexity index is 991. The van der Waals surface area contributed by atoms with Gasteiger partial charge in [-0.05, 0) is 25.0 Å². The Morgan fingerprint density at radius 3 is 2.43 bits per heavy atom. The number of aryl methyl sites for hydroxylation is 2. The fraction of sp³-hybridized carbons (Fsp3) is 0.250. The minimum absolute atomic E-state index is 0.0621. The molecule has 0 aliphatic carbocycles. The molecule has 1 amide bonds. The first-order valence-corrected chi connectivity index (χ1v) is 8.70. The Labute approximate surface area is 163 Å². The molecule has 0 aliphatic rings. The van der Waals surface area contributed by atoms with Crippen molar-refractivity contribution in [3.8, 4) is 11.5 Å². The summed E-state index contributed by atoms with van der Waals surface area (Å²) >= 11 is 0. The SMILES string of the molecule is COc1cc(NC(=O)c2nnn(Cc3cc(C)ccc3C)c2N)cc(OC)c1. The van der Waals surface area contributed by atoms with Crippen LogP contribution in [0.5, 0.6) is 11.5 Å². The molecule has 3 N–H and O–H groups in total. The van der Waals surface area contributed by atoms with E-state index in [1.165, 1.54) is 18.9 Å². The first kappa shape index (κ1) is 19.2. The number of hydrogen-bond acceptors (Lipinski definition) is 6. The molecule has 3 rings (SSSR count). The van der Waals surface area contributed by atoms with E-state index in [2.05, 4.69) is 21.7 Å². The van der Waals surface area contributed by atoms with Crippen LogP contribution in [0, 0.1) is 13.8 Å². The summed E-state index contributed by atoms with van der Waals surface area (Å²) in [5, 5.41) is 10.8. The van der Waals surface area contributed by atoms with Crippen molar-refractivity contribution in [3.05, 3.63) is 58.8 Å². The molecule has 8 heteroatoms. The number of rotatable bonds is 6. The number of nitrogen functional groups attached to an aromatic ring is 1. The highest BCUT2D eigenvalue weighted by molar-refractivity contribution is 6.05. The normalized spacial score (nSPS) is 10.6. The number of nitrogens with zero attached hydrogens (tertiary/aromatic N) is 3. The van der Waals surface area contributed by atoms with Gasteiger partial charge < -0.3 is 20.5 Å². The van der Waals surface area contributed by atoms with Crippen LogP contribution in [0.1, 0.15) is 27.2 Å². The van der Waals surface area contributed by atoms with E-state index in [9.17, 15) is 4.79 Å². The first-order chi connectivity index (χ1) is 13.4. The lowest BCUT2D eigenvalue weighted by atomic mass is 10.1. The van der Waals surface area contributed by atoms with Crippen LogP contribution in [0.25, 0.3) is 0 Å². The van der Waals surface area contributed by atoms with Crippen LogP contribution in [0.4, 0.5) is 11.5 Å². The van der Waals surface area contributed by atoms with Gasteiger partial charge in [0.1, 0.15) is 11.5 Å². The van der Waals surface area contributed by atoms with E-state index in [1.54, 1.807) is 18.2 Å². The van der Waals surface area contributed by atoms with Gasteiger partial charge in [-0.2, -0.15) is 0 Å². The predicted octanol–water partition coefficient (Wildman–Crippen LogP) is 2.79. The van der Waals surface area contributed by atoms with Gasteiger partial charge in [0.25, 0.3) is 5.91 Å². The topological polar surface area (TPSA) is 104 Å². The van der Waals surface area contributed by atoms with Crippen LogP contribution >= 0.6 is 0 Å². The van der Waals surface area contributed by atoms with Crippen LogP contribution < -0.4 is 20.5 Å². The summed E-state index contributed by atoms with van der Waals surface area (Å²) in [5.41, 5.74) is 10.0. The number of nitrogens with one attached hydrogen (secondary N) is 1. The highest BCUT2D eigenvalue weighted by Crippen LogP contribution is 2.26. The second-order valence-corrected chi connectivity index (χ2v) is 6.47. The molecule has 0 saturated carbocycles. The molecule has 3 aromatic rings. The van der Waals surface area contributed by atoms with E-state index in [4.69, 9.17) is 15.2 Å². The first-order valence-electron chi connectivity index (χ1n) is 8.70. The number of carbonyl (C=O) groups is 1. The second-order valence-electron chi connectivity index (χ2n) is 6.47. The van der Waals surface area contributed by atoms with Gasteiger partial charge in [0.15, 0.2) is 11.5 Å². The fourth-order valence-corrected chi connectivity index (χ4v) is 2.80. The lowest BCUT2D eigenvalue weighted by Gasteiger charge is -2.10. The number of ether oxygens (including phenoxy) is 2. The van der Waals surface area contributed by atoms with Gasteiger partial charge in [-0.1, -0.05) is 29.0 Å². The maximum Gasteiger partial charge on any atom is 0.280 e. The van der Waals surface area contributed by atoms with Crippen LogP contribution in [-0.2, 0) is 6.54 Å². The van der Waals surface area contributed by atoms with Gasteiger partial charge in [0.2, 0.25) is 0 Å². The average Bonchev–Trinajstić information content (AvgIpc) is 3.04. The molecule has 0 aliphatic heterocycles. The molecule has 0 bridgehead atoms. The molecule has 0 atom stereocenters. The molecule has 0 saturated heterocycles. The maximum atomic E-state index is 12.6. The van der Waals surface area contributed by atoms with Gasteiger partial charge in [-0.3, -0.25) is 4.79 Å². The summed E-state index contributed by atoms with van der Waals surface area (Å²) in [5.74, 6) is 0.857. The summed E-state index contributed by atoms with van der Waals surface area (Å²) in [7, 11) is 3.08. The number of amides is 1. The molecular weight excluding hydrogens is 358 g/mol. The van der Waals surface area contributed by atoms with Crippen molar-refractivity contribution in [1.82, 2.24) is 15.0 Å². The van der Waals surface area contributed by atoms with Crippen LogP contribution in [0.15, 0.2) is 36.4 Å². The zero-order valence-electron chi connectivity index (χ0n) is 16.3. The van der Waals surface area contributed by atoms with Crippen LogP contribution in [-0.4, -0.2) is 35.1 Å². The van der Waals surface area contributed by atoms with Crippen molar-refractivity contribution in [3.63, 3.8) is 0 Å². The third-order valence-corrected chi connectivity index (χ3v) is 4.42. The van der Waals surface area contributed by atoms with Crippen molar-refractivity contribution < 1.29 is 14.3 Å².